The molecule has 124 valence electrons. The molecule has 0 saturated carbocycles. The van der Waals surface area contributed by atoms with Gasteiger partial charge in [0.05, 0.1) is 10.2 Å². The third kappa shape index (κ3) is 3.38. The minimum atomic E-state index is -0.220. The average Bonchev–Trinajstić information content (AvgIpc) is 2.95. The summed E-state index contributed by atoms with van der Waals surface area (Å²) in [5.41, 5.74) is 3.09. The van der Waals surface area contributed by atoms with Gasteiger partial charge in [0.15, 0.2) is 0 Å². The Kier molecular flexibility index (Phi) is 4.49. The Balaban J connectivity index is 1.75. The number of fused-ring (bicyclic) bond motifs is 1. The van der Waals surface area contributed by atoms with Gasteiger partial charge in [-0.25, -0.2) is 9.37 Å². The summed E-state index contributed by atoms with van der Waals surface area (Å²) in [4.78, 5) is 15.6. The second-order valence-corrected chi connectivity index (χ2v) is 6.66. The predicted molar refractivity (Wildman–Crippen MR) is 94.1 cm³/mol. The number of aromatic nitrogens is 1. The lowest BCUT2D eigenvalue weighted by Crippen LogP contribution is -2.07. The average molecular weight is 344 g/mol. The zero-order chi connectivity index (χ0) is 17.3. The van der Waals surface area contributed by atoms with E-state index in [9.17, 15) is 9.18 Å². The zero-order valence-electron chi connectivity index (χ0n) is 13.6. The van der Waals surface area contributed by atoms with Gasteiger partial charge < -0.3 is 10.1 Å². The van der Waals surface area contributed by atoms with Crippen molar-refractivity contribution in [2.24, 2.45) is 0 Å². The van der Waals surface area contributed by atoms with E-state index in [1.54, 1.807) is 19.1 Å². The molecule has 0 radical (unpaired) electrons. The zero-order valence-corrected chi connectivity index (χ0v) is 14.5. The summed E-state index contributed by atoms with van der Waals surface area (Å²) in [6, 6.07) is 8.60. The first-order valence-electron chi connectivity index (χ1n) is 7.49. The number of rotatable bonds is 4. The van der Waals surface area contributed by atoms with Crippen LogP contribution in [0.1, 0.15) is 23.1 Å². The first-order chi connectivity index (χ1) is 11.4. The Morgan fingerprint density at radius 3 is 2.79 bits per heavy atom. The molecule has 1 heterocycles. The number of ether oxygens (including phenoxy) is 1. The van der Waals surface area contributed by atoms with Gasteiger partial charge in [-0.3, -0.25) is 4.79 Å². The Bertz CT molecular complexity index is 921. The van der Waals surface area contributed by atoms with Crippen LogP contribution in [0.15, 0.2) is 30.3 Å². The van der Waals surface area contributed by atoms with Crippen molar-refractivity contribution in [1.82, 2.24) is 4.98 Å². The third-order valence-electron chi connectivity index (χ3n) is 3.65. The van der Waals surface area contributed by atoms with Crippen molar-refractivity contribution in [3.8, 4) is 5.75 Å². The van der Waals surface area contributed by atoms with Crippen molar-refractivity contribution in [3.63, 3.8) is 0 Å². The molecular weight excluding hydrogens is 327 g/mol. The molecular formula is C18H17FN2O2S. The van der Waals surface area contributed by atoms with Crippen LogP contribution in [0.25, 0.3) is 10.2 Å². The molecule has 24 heavy (non-hydrogen) atoms. The molecule has 0 aliphatic heterocycles. The number of nitrogens with zero attached hydrogens (tertiary/aromatic N) is 1. The van der Waals surface area contributed by atoms with Gasteiger partial charge in [-0.2, -0.15) is 0 Å². The maximum atomic E-state index is 13.6. The van der Waals surface area contributed by atoms with Crippen LogP contribution in [0.4, 0.5) is 10.1 Å². The van der Waals surface area contributed by atoms with Crippen molar-refractivity contribution < 1.29 is 13.9 Å². The second kappa shape index (κ2) is 6.57. The number of thiazole rings is 1. The monoisotopic (exact) mass is 344 g/mol. The summed E-state index contributed by atoms with van der Waals surface area (Å²) >= 11 is 1.44. The van der Waals surface area contributed by atoms with Crippen LogP contribution in [0.3, 0.4) is 0 Å². The number of halogens is 1. The quantitative estimate of drug-likeness (QED) is 0.753. The molecule has 0 unspecified atom stereocenters. The predicted octanol–water partition coefficient (Wildman–Crippen LogP) is 4.59. The van der Waals surface area contributed by atoms with Gasteiger partial charge in [0, 0.05) is 18.2 Å². The highest BCUT2D eigenvalue weighted by Gasteiger charge is 2.10. The molecule has 1 amide bonds. The lowest BCUT2D eigenvalue weighted by Gasteiger charge is -2.09. The fourth-order valence-corrected chi connectivity index (χ4v) is 3.37. The normalized spacial score (nSPS) is 10.8. The molecule has 0 aliphatic rings. The van der Waals surface area contributed by atoms with E-state index in [1.807, 2.05) is 19.1 Å². The van der Waals surface area contributed by atoms with Crippen molar-refractivity contribution in [1.29, 1.82) is 0 Å². The molecule has 0 saturated heterocycles. The largest absolute Gasteiger partial charge is 0.486 e. The van der Waals surface area contributed by atoms with Crippen LogP contribution in [-0.4, -0.2) is 10.9 Å². The topological polar surface area (TPSA) is 51.2 Å². The van der Waals surface area contributed by atoms with Crippen LogP contribution < -0.4 is 10.1 Å². The number of hydrogen-bond donors (Lipinski definition) is 1. The summed E-state index contributed by atoms with van der Waals surface area (Å²) in [5.74, 6) is 0.371. The maximum Gasteiger partial charge on any atom is 0.221 e. The number of carbonyl (C=O) groups excluding carboxylic acids is 1. The number of benzene rings is 2. The van der Waals surface area contributed by atoms with Gasteiger partial charge in [-0.15, -0.1) is 11.3 Å². The van der Waals surface area contributed by atoms with Crippen LogP contribution in [0.5, 0.6) is 5.75 Å². The van der Waals surface area contributed by atoms with E-state index < -0.39 is 0 Å². The Morgan fingerprint density at radius 1 is 1.29 bits per heavy atom. The van der Waals surface area contributed by atoms with Crippen molar-refractivity contribution >= 4 is 33.1 Å². The molecule has 0 aliphatic carbocycles. The van der Waals surface area contributed by atoms with E-state index in [0.29, 0.717) is 17.9 Å². The van der Waals surface area contributed by atoms with E-state index in [1.165, 1.54) is 24.3 Å². The third-order valence-corrected chi connectivity index (χ3v) is 4.82. The van der Waals surface area contributed by atoms with E-state index in [-0.39, 0.29) is 11.7 Å². The van der Waals surface area contributed by atoms with Crippen LogP contribution in [0, 0.1) is 19.7 Å². The molecule has 0 spiro atoms. The van der Waals surface area contributed by atoms with Crippen molar-refractivity contribution in [2.75, 3.05) is 5.32 Å². The highest BCUT2D eigenvalue weighted by molar-refractivity contribution is 7.18. The van der Waals surface area contributed by atoms with Crippen LogP contribution >= 0.6 is 11.3 Å². The van der Waals surface area contributed by atoms with Gasteiger partial charge in [0.25, 0.3) is 0 Å². The second-order valence-electron chi connectivity index (χ2n) is 5.57. The molecule has 4 nitrogen and oxygen atoms in total. The van der Waals surface area contributed by atoms with E-state index in [0.717, 1.165) is 26.5 Å². The highest BCUT2D eigenvalue weighted by atomic mass is 32.1. The van der Waals surface area contributed by atoms with E-state index >= 15 is 0 Å². The summed E-state index contributed by atoms with van der Waals surface area (Å²) in [5, 5.41) is 3.56. The lowest BCUT2D eigenvalue weighted by molar-refractivity contribution is -0.114. The Labute approximate surface area is 143 Å². The molecule has 6 heteroatoms. The lowest BCUT2D eigenvalue weighted by atomic mass is 10.2. The number of hydrogen-bond acceptors (Lipinski definition) is 4. The van der Waals surface area contributed by atoms with Crippen LogP contribution in [0.2, 0.25) is 0 Å². The summed E-state index contributed by atoms with van der Waals surface area (Å²) in [7, 11) is 0. The van der Waals surface area contributed by atoms with Crippen molar-refractivity contribution in [2.45, 2.75) is 27.4 Å². The molecule has 1 aromatic heterocycles. The fraction of sp³-hybridized carbons (Fsp3) is 0.222. The standard InChI is InChI=1S/C18H17FN2O2S/c1-10-8-13(4-6-15(10)20-12(3)22)23-9-17-21-16-7-5-14(19)11(2)18(16)24-17/h4-8H,9H2,1-3H3,(H,20,22). The van der Waals surface area contributed by atoms with Gasteiger partial charge in [0.2, 0.25) is 5.91 Å². The smallest absolute Gasteiger partial charge is 0.221 e. The molecule has 0 bridgehead atoms. The maximum absolute atomic E-state index is 13.6. The minimum Gasteiger partial charge on any atom is -0.486 e. The SMILES string of the molecule is CC(=O)Nc1ccc(OCc2nc3ccc(F)c(C)c3s2)cc1C. The summed E-state index contributed by atoms with van der Waals surface area (Å²) in [6.45, 7) is 5.45. The van der Waals surface area contributed by atoms with E-state index in [4.69, 9.17) is 4.74 Å². The first kappa shape index (κ1) is 16.4. The molecule has 2 aromatic carbocycles. The molecule has 3 aromatic rings. The number of amides is 1. The van der Waals surface area contributed by atoms with Crippen LogP contribution in [-0.2, 0) is 11.4 Å². The minimum absolute atomic E-state index is 0.108. The Hall–Kier alpha value is -2.47. The van der Waals surface area contributed by atoms with Gasteiger partial charge in [-0.1, -0.05) is 0 Å². The van der Waals surface area contributed by atoms with Gasteiger partial charge in [-0.05, 0) is 49.7 Å². The molecule has 0 atom stereocenters. The summed E-state index contributed by atoms with van der Waals surface area (Å²) in [6.07, 6.45) is 0. The summed E-state index contributed by atoms with van der Waals surface area (Å²) < 4.78 is 20.2. The fourth-order valence-electron chi connectivity index (χ4n) is 2.41. The number of anilines is 1. The molecule has 1 N–H and O–H groups in total. The van der Waals surface area contributed by atoms with Gasteiger partial charge >= 0.3 is 0 Å². The Morgan fingerprint density at radius 2 is 2.08 bits per heavy atom. The molecule has 0 fully saturated rings. The van der Waals surface area contributed by atoms with Crippen molar-refractivity contribution in [3.05, 3.63) is 52.3 Å². The van der Waals surface area contributed by atoms with Gasteiger partial charge in [0.1, 0.15) is 23.2 Å². The molecule has 3 rings (SSSR count). The van der Waals surface area contributed by atoms with E-state index in [2.05, 4.69) is 10.3 Å². The number of carbonyl (C=O) groups is 1. The first-order valence-corrected chi connectivity index (χ1v) is 8.31. The number of nitrogens with one attached hydrogen (secondary N) is 1. The highest BCUT2D eigenvalue weighted by Crippen LogP contribution is 2.28. The number of aryl methyl sites for hydroxylation is 2.